The standard InChI is InChI=1S/C16H23FN2S/c1-11-9-13(5-7-19(11)2)18-15-6-8-20-16-4-3-12(17)10-14(15)16/h3-4,10-11,13,15,18H,5-9H2,1-2H3. The molecule has 0 radical (unpaired) electrons. The normalized spacial score (nSPS) is 31.1. The highest BCUT2D eigenvalue weighted by Crippen LogP contribution is 2.37. The van der Waals surface area contributed by atoms with Crippen LogP contribution in [-0.2, 0) is 0 Å². The number of nitrogens with zero attached hydrogens (tertiary/aromatic N) is 1. The first-order valence-corrected chi connectivity index (χ1v) is 8.50. The summed E-state index contributed by atoms with van der Waals surface area (Å²) in [5, 5.41) is 3.79. The Morgan fingerprint density at radius 2 is 2.20 bits per heavy atom. The zero-order chi connectivity index (χ0) is 14.1. The predicted molar refractivity (Wildman–Crippen MR) is 82.7 cm³/mol. The molecule has 3 rings (SSSR count). The van der Waals surface area contributed by atoms with Crippen LogP contribution in [0.15, 0.2) is 23.1 Å². The Labute approximate surface area is 125 Å². The van der Waals surface area contributed by atoms with Gasteiger partial charge in [-0.3, -0.25) is 0 Å². The zero-order valence-electron chi connectivity index (χ0n) is 12.2. The van der Waals surface area contributed by atoms with Gasteiger partial charge in [0.05, 0.1) is 0 Å². The molecule has 1 N–H and O–H groups in total. The van der Waals surface area contributed by atoms with Crippen molar-refractivity contribution in [2.75, 3.05) is 19.3 Å². The van der Waals surface area contributed by atoms with Crippen LogP contribution in [0.5, 0.6) is 0 Å². The second kappa shape index (κ2) is 6.04. The molecular weight excluding hydrogens is 271 g/mol. The van der Waals surface area contributed by atoms with Crippen molar-refractivity contribution in [1.29, 1.82) is 0 Å². The van der Waals surface area contributed by atoms with Crippen molar-refractivity contribution >= 4 is 11.8 Å². The molecule has 0 spiro atoms. The van der Waals surface area contributed by atoms with Crippen LogP contribution in [0.1, 0.15) is 37.8 Å². The Kier molecular flexibility index (Phi) is 4.34. The van der Waals surface area contributed by atoms with E-state index in [1.807, 2.05) is 17.8 Å². The SMILES string of the molecule is CC1CC(NC2CCSc3ccc(F)cc32)CCN1C. The number of likely N-dealkylation sites (tertiary alicyclic amines) is 1. The maximum atomic E-state index is 13.5. The van der Waals surface area contributed by atoms with E-state index in [0.717, 1.165) is 24.3 Å². The van der Waals surface area contributed by atoms with Crippen molar-refractivity contribution in [3.8, 4) is 0 Å². The predicted octanol–water partition coefficient (Wildman–Crippen LogP) is 3.43. The molecule has 20 heavy (non-hydrogen) atoms. The molecule has 2 heterocycles. The molecule has 0 amide bonds. The number of benzene rings is 1. The van der Waals surface area contributed by atoms with Crippen molar-refractivity contribution in [1.82, 2.24) is 10.2 Å². The van der Waals surface area contributed by atoms with E-state index >= 15 is 0 Å². The van der Waals surface area contributed by atoms with E-state index in [9.17, 15) is 4.39 Å². The number of nitrogens with one attached hydrogen (secondary N) is 1. The van der Waals surface area contributed by atoms with Gasteiger partial charge in [-0.1, -0.05) is 0 Å². The van der Waals surface area contributed by atoms with Gasteiger partial charge in [0.2, 0.25) is 0 Å². The van der Waals surface area contributed by atoms with Crippen molar-refractivity contribution < 1.29 is 4.39 Å². The van der Waals surface area contributed by atoms with Crippen molar-refractivity contribution in [2.45, 2.75) is 49.2 Å². The van der Waals surface area contributed by atoms with Gasteiger partial charge in [-0.15, -0.1) is 11.8 Å². The lowest BCUT2D eigenvalue weighted by Crippen LogP contribution is -2.46. The van der Waals surface area contributed by atoms with Gasteiger partial charge in [-0.25, -0.2) is 4.39 Å². The van der Waals surface area contributed by atoms with Gasteiger partial charge in [0.1, 0.15) is 5.82 Å². The average molecular weight is 294 g/mol. The molecule has 0 aliphatic carbocycles. The molecule has 0 aromatic heterocycles. The van der Waals surface area contributed by atoms with Crippen molar-refractivity contribution in [2.24, 2.45) is 0 Å². The summed E-state index contributed by atoms with van der Waals surface area (Å²) in [5.74, 6) is 1.01. The van der Waals surface area contributed by atoms with Gasteiger partial charge in [-0.05, 0) is 69.3 Å². The second-order valence-corrected chi connectivity index (χ2v) is 7.23. The van der Waals surface area contributed by atoms with Crippen LogP contribution in [0.25, 0.3) is 0 Å². The highest BCUT2D eigenvalue weighted by atomic mass is 32.2. The van der Waals surface area contributed by atoms with E-state index in [-0.39, 0.29) is 5.82 Å². The molecule has 4 heteroatoms. The van der Waals surface area contributed by atoms with Crippen LogP contribution in [-0.4, -0.2) is 36.3 Å². The number of halogens is 1. The summed E-state index contributed by atoms with van der Waals surface area (Å²) in [4.78, 5) is 3.67. The molecule has 2 aliphatic rings. The summed E-state index contributed by atoms with van der Waals surface area (Å²) in [6.45, 7) is 3.44. The average Bonchev–Trinajstić information content (AvgIpc) is 2.44. The largest absolute Gasteiger partial charge is 0.307 e. The summed E-state index contributed by atoms with van der Waals surface area (Å²) in [5.41, 5.74) is 1.16. The Hall–Kier alpha value is -0.580. The van der Waals surface area contributed by atoms with Gasteiger partial charge in [0.15, 0.2) is 0 Å². The van der Waals surface area contributed by atoms with Crippen LogP contribution in [0.4, 0.5) is 4.39 Å². The maximum absolute atomic E-state index is 13.5. The van der Waals surface area contributed by atoms with Gasteiger partial charge >= 0.3 is 0 Å². The quantitative estimate of drug-likeness (QED) is 0.899. The second-order valence-electron chi connectivity index (χ2n) is 6.09. The minimum atomic E-state index is -0.116. The Morgan fingerprint density at radius 1 is 1.35 bits per heavy atom. The zero-order valence-corrected chi connectivity index (χ0v) is 13.0. The van der Waals surface area contributed by atoms with Gasteiger partial charge in [0, 0.05) is 23.0 Å². The molecule has 2 nitrogen and oxygen atoms in total. The van der Waals surface area contributed by atoms with E-state index in [4.69, 9.17) is 0 Å². The first-order chi connectivity index (χ1) is 9.63. The smallest absolute Gasteiger partial charge is 0.123 e. The first kappa shape index (κ1) is 14.4. The van der Waals surface area contributed by atoms with Crippen LogP contribution < -0.4 is 5.32 Å². The molecule has 1 fully saturated rings. The minimum Gasteiger partial charge on any atom is -0.307 e. The molecule has 3 atom stereocenters. The number of rotatable bonds is 2. The third-order valence-electron chi connectivity index (χ3n) is 4.66. The lowest BCUT2D eigenvalue weighted by atomic mass is 9.95. The molecule has 3 unspecified atom stereocenters. The Bertz CT molecular complexity index is 480. The molecule has 0 saturated carbocycles. The Balaban J connectivity index is 1.71. The molecule has 1 saturated heterocycles. The van der Waals surface area contributed by atoms with Crippen molar-refractivity contribution in [3.63, 3.8) is 0 Å². The fraction of sp³-hybridized carbons (Fsp3) is 0.625. The van der Waals surface area contributed by atoms with Gasteiger partial charge < -0.3 is 10.2 Å². The van der Waals surface area contributed by atoms with E-state index in [1.165, 1.54) is 17.7 Å². The van der Waals surface area contributed by atoms with E-state index in [2.05, 4.69) is 24.2 Å². The third-order valence-corrected chi connectivity index (χ3v) is 5.78. The monoisotopic (exact) mass is 294 g/mol. The number of hydrogen-bond acceptors (Lipinski definition) is 3. The van der Waals surface area contributed by atoms with Crippen LogP contribution in [0, 0.1) is 5.82 Å². The minimum absolute atomic E-state index is 0.116. The molecule has 110 valence electrons. The highest BCUT2D eigenvalue weighted by molar-refractivity contribution is 7.99. The number of piperidine rings is 1. The fourth-order valence-corrected chi connectivity index (χ4v) is 4.37. The highest BCUT2D eigenvalue weighted by Gasteiger charge is 2.27. The van der Waals surface area contributed by atoms with Crippen LogP contribution >= 0.6 is 11.8 Å². The molecular formula is C16H23FN2S. The third kappa shape index (κ3) is 3.02. The van der Waals surface area contributed by atoms with E-state index in [0.29, 0.717) is 18.1 Å². The van der Waals surface area contributed by atoms with E-state index in [1.54, 1.807) is 12.1 Å². The first-order valence-electron chi connectivity index (χ1n) is 7.52. The van der Waals surface area contributed by atoms with Gasteiger partial charge in [-0.2, -0.15) is 0 Å². The molecule has 2 aliphatic heterocycles. The number of thioether (sulfide) groups is 1. The summed E-state index contributed by atoms with van der Waals surface area (Å²) < 4.78 is 13.5. The summed E-state index contributed by atoms with van der Waals surface area (Å²) >= 11 is 1.85. The van der Waals surface area contributed by atoms with E-state index < -0.39 is 0 Å². The van der Waals surface area contributed by atoms with Crippen LogP contribution in [0.2, 0.25) is 0 Å². The summed E-state index contributed by atoms with van der Waals surface area (Å²) in [7, 11) is 2.20. The lowest BCUT2D eigenvalue weighted by molar-refractivity contribution is 0.161. The molecule has 0 bridgehead atoms. The number of hydrogen-bond donors (Lipinski definition) is 1. The summed E-state index contributed by atoms with van der Waals surface area (Å²) in [6.07, 6.45) is 3.47. The number of fused-ring (bicyclic) bond motifs is 1. The lowest BCUT2D eigenvalue weighted by Gasteiger charge is -2.38. The maximum Gasteiger partial charge on any atom is 0.123 e. The Morgan fingerprint density at radius 3 is 3.00 bits per heavy atom. The molecule has 1 aromatic carbocycles. The van der Waals surface area contributed by atoms with Crippen LogP contribution in [0.3, 0.4) is 0 Å². The fourth-order valence-electron chi connectivity index (χ4n) is 3.26. The molecule has 1 aromatic rings. The van der Waals surface area contributed by atoms with Gasteiger partial charge in [0.25, 0.3) is 0 Å². The topological polar surface area (TPSA) is 15.3 Å². The van der Waals surface area contributed by atoms with Crippen molar-refractivity contribution in [3.05, 3.63) is 29.6 Å². The summed E-state index contributed by atoms with van der Waals surface area (Å²) in [6, 6.07) is 6.74.